The summed E-state index contributed by atoms with van der Waals surface area (Å²) in [5, 5.41) is 8.58. The summed E-state index contributed by atoms with van der Waals surface area (Å²) in [6.07, 6.45) is 6.16. The minimum atomic E-state index is -3.75. The Labute approximate surface area is 120 Å². The Kier molecular flexibility index (Phi) is 4.55. The molecule has 1 aliphatic carbocycles. The molecule has 2 unspecified atom stereocenters. The molecule has 0 radical (unpaired) electrons. The third-order valence-electron chi connectivity index (χ3n) is 4.03. The van der Waals surface area contributed by atoms with Gasteiger partial charge in [0.25, 0.3) is 0 Å². The zero-order valence-corrected chi connectivity index (χ0v) is 12.6. The van der Waals surface area contributed by atoms with Crippen LogP contribution in [-0.2, 0) is 10.0 Å². The lowest BCUT2D eigenvalue weighted by Crippen LogP contribution is -2.26. The van der Waals surface area contributed by atoms with E-state index in [1.165, 1.54) is 31.7 Å². The van der Waals surface area contributed by atoms with Crippen molar-refractivity contribution in [1.82, 2.24) is 0 Å². The highest BCUT2D eigenvalue weighted by atomic mass is 32.2. The van der Waals surface area contributed by atoms with Gasteiger partial charge in [0.1, 0.15) is 4.90 Å². The maximum Gasteiger partial charge on any atom is 0.240 e. The summed E-state index contributed by atoms with van der Waals surface area (Å²) in [7, 11) is -3.75. The summed E-state index contributed by atoms with van der Waals surface area (Å²) in [6.45, 7) is 2.26. The molecule has 1 fully saturated rings. The highest BCUT2D eigenvalue weighted by Gasteiger charge is 2.20. The van der Waals surface area contributed by atoms with Gasteiger partial charge in [-0.15, -0.1) is 0 Å². The van der Waals surface area contributed by atoms with Crippen molar-refractivity contribution in [2.45, 2.75) is 50.0 Å². The molecule has 5 nitrogen and oxygen atoms in total. The molecule has 5 N–H and O–H groups in total. The van der Waals surface area contributed by atoms with E-state index in [0.29, 0.717) is 12.0 Å². The van der Waals surface area contributed by atoms with Gasteiger partial charge in [0, 0.05) is 11.7 Å². The van der Waals surface area contributed by atoms with Gasteiger partial charge in [-0.3, -0.25) is 0 Å². The zero-order valence-electron chi connectivity index (χ0n) is 11.8. The number of anilines is 2. The molecule has 0 amide bonds. The Morgan fingerprint density at radius 2 is 1.90 bits per heavy atom. The molecule has 0 saturated heterocycles. The van der Waals surface area contributed by atoms with Crippen molar-refractivity contribution in [1.29, 1.82) is 0 Å². The van der Waals surface area contributed by atoms with Crippen LogP contribution in [-0.4, -0.2) is 14.5 Å². The molecule has 1 aliphatic rings. The minimum absolute atomic E-state index is 0.0167. The van der Waals surface area contributed by atoms with Crippen molar-refractivity contribution in [2.24, 2.45) is 11.1 Å². The lowest BCUT2D eigenvalue weighted by Gasteiger charge is -2.24. The fourth-order valence-electron chi connectivity index (χ4n) is 2.82. The second-order valence-corrected chi connectivity index (χ2v) is 7.19. The fraction of sp³-hybridized carbons (Fsp3) is 0.571. The monoisotopic (exact) mass is 297 g/mol. The lowest BCUT2D eigenvalue weighted by molar-refractivity contribution is 0.456. The number of sulfonamides is 1. The van der Waals surface area contributed by atoms with Gasteiger partial charge in [-0.1, -0.05) is 26.2 Å². The molecule has 0 spiro atoms. The molecule has 1 aromatic rings. The predicted molar refractivity (Wildman–Crippen MR) is 81.9 cm³/mol. The summed E-state index contributed by atoms with van der Waals surface area (Å²) in [5.41, 5.74) is 6.83. The van der Waals surface area contributed by atoms with Crippen LogP contribution >= 0.6 is 0 Å². The van der Waals surface area contributed by atoms with Gasteiger partial charge in [-0.25, -0.2) is 13.6 Å². The number of rotatable bonds is 3. The quantitative estimate of drug-likeness (QED) is 0.589. The Morgan fingerprint density at radius 1 is 1.20 bits per heavy atom. The molecule has 1 saturated carbocycles. The number of benzene rings is 1. The maximum atomic E-state index is 11.3. The van der Waals surface area contributed by atoms with Crippen LogP contribution in [0, 0.1) is 5.92 Å². The smallest absolute Gasteiger partial charge is 0.240 e. The van der Waals surface area contributed by atoms with Crippen molar-refractivity contribution in [3.8, 4) is 0 Å². The van der Waals surface area contributed by atoms with E-state index in [0.717, 1.165) is 12.1 Å². The zero-order chi connectivity index (χ0) is 14.8. The molecule has 1 aromatic carbocycles. The molecule has 2 atom stereocenters. The maximum absolute atomic E-state index is 11.3. The van der Waals surface area contributed by atoms with E-state index in [4.69, 9.17) is 10.9 Å². The molecular weight excluding hydrogens is 274 g/mol. The average Bonchev–Trinajstić information content (AvgIpc) is 2.53. The van der Waals surface area contributed by atoms with E-state index in [1.807, 2.05) is 0 Å². The largest absolute Gasteiger partial charge is 0.398 e. The lowest BCUT2D eigenvalue weighted by atomic mass is 9.96. The summed E-state index contributed by atoms with van der Waals surface area (Å²) in [4.78, 5) is -0.0167. The van der Waals surface area contributed by atoms with Crippen molar-refractivity contribution >= 4 is 21.4 Å². The Morgan fingerprint density at radius 3 is 2.55 bits per heavy atom. The number of nitrogens with two attached hydrogens (primary N) is 2. The standard InChI is InChI=1S/C14H23N3O2S/c1-10-5-3-2-4-6-13(10)17-11-7-8-14(12(15)9-11)20(16,18)19/h7-10,13,17H,2-6,15H2,1H3,(H2,16,18,19). The topological polar surface area (TPSA) is 98.2 Å². The molecule has 0 bridgehead atoms. The minimum Gasteiger partial charge on any atom is -0.398 e. The van der Waals surface area contributed by atoms with Crippen LogP contribution < -0.4 is 16.2 Å². The van der Waals surface area contributed by atoms with E-state index in [-0.39, 0.29) is 10.6 Å². The second kappa shape index (κ2) is 6.01. The van der Waals surface area contributed by atoms with Crippen molar-refractivity contribution in [3.63, 3.8) is 0 Å². The van der Waals surface area contributed by atoms with Gasteiger partial charge in [0.2, 0.25) is 10.0 Å². The number of hydrogen-bond acceptors (Lipinski definition) is 4. The van der Waals surface area contributed by atoms with E-state index in [2.05, 4.69) is 12.2 Å². The van der Waals surface area contributed by atoms with Crippen LogP contribution in [0.2, 0.25) is 0 Å². The van der Waals surface area contributed by atoms with E-state index in [1.54, 1.807) is 12.1 Å². The van der Waals surface area contributed by atoms with Crippen molar-refractivity contribution in [3.05, 3.63) is 18.2 Å². The Balaban J connectivity index is 2.16. The van der Waals surface area contributed by atoms with Gasteiger partial charge in [-0.05, 0) is 37.0 Å². The molecule has 0 heterocycles. The van der Waals surface area contributed by atoms with Crippen LogP contribution in [0.1, 0.15) is 39.0 Å². The molecule has 0 aliphatic heterocycles. The third-order valence-corrected chi connectivity index (χ3v) is 5.01. The van der Waals surface area contributed by atoms with Crippen molar-refractivity contribution < 1.29 is 8.42 Å². The van der Waals surface area contributed by atoms with Crippen LogP contribution in [0.3, 0.4) is 0 Å². The van der Waals surface area contributed by atoms with Gasteiger partial charge in [0.15, 0.2) is 0 Å². The molecule has 20 heavy (non-hydrogen) atoms. The summed E-state index contributed by atoms with van der Waals surface area (Å²) in [6, 6.07) is 5.26. The highest BCUT2D eigenvalue weighted by molar-refractivity contribution is 7.89. The van der Waals surface area contributed by atoms with Crippen molar-refractivity contribution in [2.75, 3.05) is 11.1 Å². The van der Waals surface area contributed by atoms with Crippen LogP contribution in [0.25, 0.3) is 0 Å². The van der Waals surface area contributed by atoms with Gasteiger partial charge in [0.05, 0.1) is 5.69 Å². The van der Waals surface area contributed by atoms with Gasteiger partial charge >= 0.3 is 0 Å². The number of hydrogen-bond donors (Lipinski definition) is 3. The molecular formula is C14H23N3O2S. The predicted octanol–water partition coefficient (Wildman–Crippen LogP) is 2.30. The first kappa shape index (κ1) is 15.1. The Hall–Kier alpha value is -1.27. The van der Waals surface area contributed by atoms with Crippen LogP contribution in [0.15, 0.2) is 23.1 Å². The first-order valence-electron chi connectivity index (χ1n) is 7.07. The SMILES string of the molecule is CC1CCCCCC1Nc1ccc(S(N)(=O)=O)c(N)c1. The molecule has 112 valence electrons. The normalized spacial score (nSPS) is 24.1. The van der Waals surface area contributed by atoms with Gasteiger partial charge in [-0.2, -0.15) is 0 Å². The molecule has 2 rings (SSSR count). The second-order valence-electron chi connectivity index (χ2n) is 5.66. The third kappa shape index (κ3) is 3.64. The van der Waals surface area contributed by atoms with Crippen LogP contribution in [0.5, 0.6) is 0 Å². The number of nitrogens with one attached hydrogen (secondary N) is 1. The number of primary sulfonamides is 1. The first-order valence-corrected chi connectivity index (χ1v) is 8.61. The van der Waals surface area contributed by atoms with Gasteiger partial charge < -0.3 is 11.1 Å². The molecule has 6 heteroatoms. The summed E-state index contributed by atoms with van der Waals surface area (Å²) >= 11 is 0. The highest BCUT2D eigenvalue weighted by Crippen LogP contribution is 2.28. The van der Waals surface area contributed by atoms with E-state index < -0.39 is 10.0 Å². The van der Waals surface area contributed by atoms with Crippen LogP contribution in [0.4, 0.5) is 11.4 Å². The first-order chi connectivity index (χ1) is 9.38. The number of nitrogen functional groups attached to an aromatic ring is 1. The Bertz CT molecular complexity index is 572. The fourth-order valence-corrected chi connectivity index (χ4v) is 3.46. The summed E-state index contributed by atoms with van der Waals surface area (Å²) in [5.74, 6) is 0.608. The van der Waals surface area contributed by atoms with E-state index >= 15 is 0 Å². The summed E-state index contributed by atoms with van der Waals surface area (Å²) < 4.78 is 22.7. The molecule has 0 aromatic heterocycles. The van der Waals surface area contributed by atoms with E-state index in [9.17, 15) is 8.42 Å². The average molecular weight is 297 g/mol.